The number of nitrogen functional groups attached to an aromatic ring is 1. The second kappa shape index (κ2) is 11.0. The lowest BCUT2D eigenvalue weighted by Crippen LogP contribution is -2.46. The molecule has 13 heteroatoms. The van der Waals surface area contributed by atoms with Gasteiger partial charge in [-0.1, -0.05) is 0 Å². The highest BCUT2D eigenvalue weighted by Gasteiger charge is 2.29. The maximum absolute atomic E-state index is 12.4. The van der Waals surface area contributed by atoms with E-state index in [1.165, 1.54) is 0 Å². The lowest BCUT2D eigenvalue weighted by Gasteiger charge is -2.31. The first-order valence-corrected chi connectivity index (χ1v) is 11.1. The maximum Gasteiger partial charge on any atom is 0.326 e. The van der Waals surface area contributed by atoms with E-state index in [0.29, 0.717) is 30.9 Å². The number of anilines is 3. The molecule has 182 valence electrons. The van der Waals surface area contributed by atoms with Crippen LogP contribution in [0.2, 0.25) is 0 Å². The van der Waals surface area contributed by atoms with Crippen LogP contribution in [0.4, 0.5) is 17.5 Å². The van der Waals surface area contributed by atoms with E-state index in [4.69, 9.17) is 10.8 Å². The van der Waals surface area contributed by atoms with Gasteiger partial charge in [-0.15, -0.1) is 0 Å². The maximum atomic E-state index is 12.4. The van der Waals surface area contributed by atoms with Gasteiger partial charge in [0.25, 0.3) is 5.56 Å². The van der Waals surface area contributed by atoms with Crippen molar-refractivity contribution >= 4 is 35.3 Å². The molecule has 13 nitrogen and oxygen atoms in total. The minimum Gasteiger partial charge on any atom is -0.481 e. The number of rotatable bonds is 10. The monoisotopic (exact) mass is 465 g/mol. The Labute approximate surface area is 189 Å². The van der Waals surface area contributed by atoms with Gasteiger partial charge in [0.05, 0.1) is 0 Å². The van der Waals surface area contributed by atoms with E-state index in [9.17, 15) is 24.3 Å². The molecule has 0 aromatic carbocycles. The van der Waals surface area contributed by atoms with E-state index in [0.717, 1.165) is 25.8 Å². The van der Waals surface area contributed by atoms with Crippen LogP contribution in [0.15, 0.2) is 4.79 Å². The van der Waals surface area contributed by atoms with Crippen LogP contribution in [0.25, 0.3) is 0 Å². The first kappa shape index (κ1) is 24.3. The fourth-order valence-corrected chi connectivity index (χ4v) is 4.24. The summed E-state index contributed by atoms with van der Waals surface area (Å²) in [5.74, 6) is -2.42. The zero-order chi connectivity index (χ0) is 24.0. The number of nitrogens with one attached hydrogen (secondary N) is 5. The Bertz CT molecular complexity index is 928. The minimum atomic E-state index is -1.23. The van der Waals surface area contributed by atoms with Crippen LogP contribution in [0.1, 0.15) is 44.9 Å². The average molecular weight is 466 g/mol. The number of hydrogen-bond acceptors (Lipinski definition) is 9. The predicted octanol–water partition coefficient (Wildman–Crippen LogP) is -0.469. The molecule has 1 fully saturated rings. The summed E-state index contributed by atoms with van der Waals surface area (Å²) >= 11 is 0. The molecule has 2 atom stereocenters. The number of H-pyrrole nitrogens is 1. The Morgan fingerprint density at radius 1 is 1.18 bits per heavy atom. The van der Waals surface area contributed by atoms with Crippen molar-refractivity contribution in [3.8, 4) is 0 Å². The van der Waals surface area contributed by atoms with Crippen molar-refractivity contribution in [2.75, 3.05) is 29.5 Å². The summed E-state index contributed by atoms with van der Waals surface area (Å²) in [7, 11) is 0. The highest BCUT2D eigenvalue weighted by Crippen LogP contribution is 2.25. The second-order valence-electron chi connectivity index (χ2n) is 8.52. The van der Waals surface area contributed by atoms with E-state index >= 15 is 0 Å². The van der Waals surface area contributed by atoms with Gasteiger partial charge in [-0.05, 0) is 45.1 Å². The molecule has 2 aliphatic rings. The number of aliphatic carboxylic acids is 2. The summed E-state index contributed by atoms with van der Waals surface area (Å²) in [5, 5.41) is 30.2. The number of nitrogens with zero attached hydrogens (tertiary/aromatic N) is 1. The van der Waals surface area contributed by atoms with Gasteiger partial charge in [0.2, 0.25) is 11.9 Å². The van der Waals surface area contributed by atoms with Gasteiger partial charge >= 0.3 is 11.9 Å². The number of hydrogen-bond donors (Lipinski definition) is 8. The van der Waals surface area contributed by atoms with Crippen molar-refractivity contribution in [1.82, 2.24) is 20.6 Å². The van der Waals surface area contributed by atoms with Crippen LogP contribution in [0.5, 0.6) is 0 Å². The van der Waals surface area contributed by atoms with Gasteiger partial charge in [-0.3, -0.25) is 19.4 Å². The predicted molar refractivity (Wildman–Crippen MR) is 120 cm³/mol. The van der Waals surface area contributed by atoms with E-state index in [1.807, 2.05) is 0 Å². The van der Waals surface area contributed by atoms with Crippen molar-refractivity contribution in [3.63, 3.8) is 0 Å². The summed E-state index contributed by atoms with van der Waals surface area (Å²) in [4.78, 5) is 53.0. The molecule has 1 amide bonds. The Hall–Kier alpha value is -3.35. The van der Waals surface area contributed by atoms with E-state index in [2.05, 4.69) is 31.2 Å². The van der Waals surface area contributed by atoms with Gasteiger partial charge in [0, 0.05) is 31.0 Å². The first-order valence-electron chi connectivity index (χ1n) is 11.1. The van der Waals surface area contributed by atoms with Crippen LogP contribution in [0.3, 0.4) is 0 Å². The van der Waals surface area contributed by atoms with Gasteiger partial charge in [-0.25, -0.2) is 4.79 Å². The Morgan fingerprint density at radius 2 is 1.91 bits per heavy atom. The summed E-state index contributed by atoms with van der Waals surface area (Å²) in [6.07, 6.45) is 3.16. The number of fused-ring (bicyclic) bond motifs is 1. The molecular formula is C20H31N7O6. The van der Waals surface area contributed by atoms with Gasteiger partial charge in [0.1, 0.15) is 11.7 Å². The third-order valence-corrected chi connectivity index (χ3v) is 6.09. The van der Waals surface area contributed by atoms with Crippen LogP contribution >= 0.6 is 0 Å². The first-order chi connectivity index (χ1) is 15.7. The average Bonchev–Trinajstić information content (AvgIpc) is 2.77. The molecule has 0 saturated heterocycles. The quantitative estimate of drug-likeness (QED) is 0.221. The molecule has 3 rings (SSSR count). The second-order valence-corrected chi connectivity index (χ2v) is 8.52. The molecule has 1 saturated carbocycles. The largest absolute Gasteiger partial charge is 0.481 e. The van der Waals surface area contributed by atoms with Gasteiger partial charge < -0.3 is 37.2 Å². The summed E-state index contributed by atoms with van der Waals surface area (Å²) < 4.78 is 0. The number of carbonyl (C=O) groups is 3. The third kappa shape index (κ3) is 6.81. The standard InChI is InChI=1S/C20H31N7O6/c21-20-26-16-15(18(31)27-20)24-12(9-23-16)7-8-22-11-3-1-10(2-4-11)17(30)25-13(19(32)33)5-6-14(28)29/h10-13,22,24H,1-9H2,(H,25,30)(H,28,29)(H,32,33)(H4,21,23,26,27,31). The molecule has 1 aliphatic heterocycles. The van der Waals surface area contributed by atoms with E-state index in [-0.39, 0.29) is 48.3 Å². The number of aromatic amines is 1. The van der Waals surface area contributed by atoms with Gasteiger partial charge in [0.15, 0.2) is 5.82 Å². The summed E-state index contributed by atoms with van der Waals surface area (Å²) in [6, 6.07) is -0.882. The number of nitrogens with two attached hydrogens (primary N) is 1. The van der Waals surface area contributed by atoms with E-state index in [1.54, 1.807) is 0 Å². The highest BCUT2D eigenvalue weighted by atomic mass is 16.4. The summed E-state index contributed by atoms with van der Waals surface area (Å²) in [6.45, 7) is 1.34. The van der Waals surface area contributed by atoms with Crippen LogP contribution in [0, 0.1) is 5.92 Å². The van der Waals surface area contributed by atoms with Crippen molar-refractivity contribution in [3.05, 3.63) is 10.4 Å². The number of aromatic nitrogens is 2. The summed E-state index contributed by atoms with van der Waals surface area (Å²) in [5.41, 5.74) is 5.62. The molecule has 1 aromatic heterocycles. The molecule has 2 heterocycles. The third-order valence-electron chi connectivity index (χ3n) is 6.09. The van der Waals surface area contributed by atoms with Crippen molar-refractivity contribution < 1.29 is 24.6 Å². The fourth-order valence-electron chi connectivity index (χ4n) is 4.24. The normalized spacial score (nSPS) is 22.8. The van der Waals surface area contributed by atoms with E-state index < -0.39 is 18.0 Å². The Morgan fingerprint density at radius 3 is 2.58 bits per heavy atom. The Balaban J connectivity index is 1.37. The SMILES string of the molecule is Nc1nc2c(c(=O)[nH]1)NC(CCNC1CCC(C(=O)NC(CCC(=O)O)C(=O)O)CC1)CN2. The molecule has 0 bridgehead atoms. The zero-order valence-electron chi connectivity index (χ0n) is 18.2. The van der Waals surface area contributed by atoms with Crippen LogP contribution in [-0.4, -0.2) is 69.2 Å². The lowest BCUT2D eigenvalue weighted by atomic mass is 9.85. The molecule has 2 unspecified atom stereocenters. The smallest absolute Gasteiger partial charge is 0.326 e. The molecular weight excluding hydrogens is 434 g/mol. The topological polar surface area (TPSA) is 212 Å². The van der Waals surface area contributed by atoms with Crippen molar-refractivity contribution in [2.24, 2.45) is 5.92 Å². The number of amides is 1. The van der Waals surface area contributed by atoms with Crippen molar-refractivity contribution in [2.45, 2.75) is 63.1 Å². The minimum absolute atomic E-state index is 0.0531. The van der Waals surface area contributed by atoms with Crippen LogP contribution in [-0.2, 0) is 14.4 Å². The number of carboxylic acid groups (broad SMARTS) is 2. The fraction of sp³-hybridized carbons (Fsp3) is 0.650. The zero-order valence-corrected chi connectivity index (χ0v) is 18.2. The molecule has 0 radical (unpaired) electrons. The molecule has 9 N–H and O–H groups in total. The lowest BCUT2D eigenvalue weighted by molar-refractivity contribution is -0.143. The number of carboxylic acids is 2. The highest BCUT2D eigenvalue weighted by molar-refractivity contribution is 5.85. The molecule has 33 heavy (non-hydrogen) atoms. The van der Waals surface area contributed by atoms with Crippen LogP contribution < -0.4 is 32.6 Å². The number of carbonyl (C=O) groups excluding carboxylic acids is 1. The van der Waals surface area contributed by atoms with Crippen molar-refractivity contribution in [1.29, 1.82) is 0 Å². The Kier molecular flexibility index (Phi) is 8.09. The molecule has 0 spiro atoms. The van der Waals surface area contributed by atoms with Gasteiger partial charge in [-0.2, -0.15) is 4.98 Å². The molecule has 1 aliphatic carbocycles. The molecule has 1 aromatic rings.